The number of carboxylic acid groups (broad SMARTS) is 1. The fourth-order valence-electron chi connectivity index (χ4n) is 4.40. The molecule has 1 fully saturated rings. The van der Waals surface area contributed by atoms with Crippen molar-refractivity contribution in [3.8, 4) is 22.4 Å². The van der Waals surface area contributed by atoms with Gasteiger partial charge in [-0.2, -0.15) is 0 Å². The summed E-state index contributed by atoms with van der Waals surface area (Å²) in [7, 11) is 0. The number of amides is 1. The zero-order valence-corrected chi connectivity index (χ0v) is 16.4. The van der Waals surface area contributed by atoms with Crippen LogP contribution >= 0.6 is 0 Å². The van der Waals surface area contributed by atoms with Gasteiger partial charge in [0.2, 0.25) is 0 Å². The quantitative estimate of drug-likeness (QED) is 0.520. The highest BCUT2D eigenvalue weighted by molar-refractivity contribution is 5.82. The summed E-state index contributed by atoms with van der Waals surface area (Å²) in [4.78, 5) is 15.7. The summed E-state index contributed by atoms with van der Waals surface area (Å²) in [5.74, 6) is -0.561. The number of aliphatic hydroxyl groups is 1. The minimum atomic E-state index is -1.26. The molecular weight excluding hydrogens is 385 g/mol. The van der Waals surface area contributed by atoms with Crippen molar-refractivity contribution in [1.82, 2.24) is 10.3 Å². The van der Waals surface area contributed by atoms with Crippen LogP contribution in [0.5, 0.6) is 0 Å². The zero-order valence-electron chi connectivity index (χ0n) is 16.4. The molecule has 6 nitrogen and oxygen atoms in total. The molecule has 1 heterocycles. The molecule has 0 aliphatic heterocycles. The van der Waals surface area contributed by atoms with Gasteiger partial charge in [0, 0.05) is 29.5 Å². The maximum absolute atomic E-state index is 15.2. The number of nitrogens with two attached hydrogens (primary N) is 1. The van der Waals surface area contributed by atoms with Gasteiger partial charge in [0.25, 0.3) is 0 Å². The number of aromatic nitrogens is 1. The van der Waals surface area contributed by atoms with Gasteiger partial charge in [-0.25, -0.2) is 9.18 Å². The van der Waals surface area contributed by atoms with Gasteiger partial charge < -0.3 is 21.3 Å². The van der Waals surface area contributed by atoms with Crippen LogP contribution in [0.2, 0.25) is 0 Å². The zero-order chi connectivity index (χ0) is 21.5. The monoisotopic (exact) mass is 407 g/mol. The first-order valence-corrected chi connectivity index (χ1v) is 9.54. The molecule has 0 atom stereocenters. The fraction of sp³-hybridized carbons (Fsp3) is 0.217. The van der Waals surface area contributed by atoms with Gasteiger partial charge in [-0.3, -0.25) is 4.98 Å². The van der Waals surface area contributed by atoms with Gasteiger partial charge in [0.15, 0.2) is 0 Å². The van der Waals surface area contributed by atoms with E-state index in [1.165, 1.54) is 12.3 Å². The van der Waals surface area contributed by atoms with E-state index in [-0.39, 0.29) is 18.4 Å². The van der Waals surface area contributed by atoms with E-state index >= 15 is 4.39 Å². The summed E-state index contributed by atoms with van der Waals surface area (Å²) in [5.41, 5.74) is 7.21. The van der Waals surface area contributed by atoms with Crippen LogP contribution in [0.15, 0.2) is 60.8 Å². The summed E-state index contributed by atoms with van der Waals surface area (Å²) in [6, 6.07) is 16.0. The average Bonchev–Trinajstić information content (AvgIpc) is 2.66. The van der Waals surface area contributed by atoms with Gasteiger partial charge in [0.05, 0.1) is 28.7 Å². The second-order valence-corrected chi connectivity index (χ2v) is 8.09. The summed E-state index contributed by atoms with van der Waals surface area (Å²) in [6.45, 7) is 1.60. The van der Waals surface area contributed by atoms with Crippen LogP contribution in [-0.4, -0.2) is 26.9 Å². The summed E-state index contributed by atoms with van der Waals surface area (Å²) >= 11 is 0. The number of hydrogen-bond donors (Lipinski definition) is 4. The number of rotatable bonds is 4. The lowest BCUT2D eigenvalue weighted by Gasteiger charge is -2.51. The highest BCUT2D eigenvalue weighted by Crippen LogP contribution is 2.49. The van der Waals surface area contributed by atoms with E-state index in [0.717, 1.165) is 11.1 Å². The molecule has 4 rings (SSSR count). The molecule has 0 saturated heterocycles. The van der Waals surface area contributed by atoms with E-state index in [1.54, 1.807) is 25.1 Å². The fourth-order valence-corrected chi connectivity index (χ4v) is 4.40. The molecule has 1 aliphatic carbocycles. The van der Waals surface area contributed by atoms with Crippen LogP contribution in [-0.2, 0) is 5.54 Å². The Morgan fingerprint density at radius 1 is 1.13 bits per heavy atom. The van der Waals surface area contributed by atoms with E-state index in [4.69, 9.17) is 5.73 Å². The lowest BCUT2D eigenvalue weighted by atomic mass is 9.62. The van der Waals surface area contributed by atoms with Crippen LogP contribution in [0, 0.1) is 5.82 Å². The average molecular weight is 407 g/mol. The lowest BCUT2D eigenvalue weighted by molar-refractivity contribution is -0.0869. The van der Waals surface area contributed by atoms with E-state index in [0.29, 0.717) is 16.9 Å². The molecule has 1 amide bonds. The Morgan fingerprint density at radius 2 is 1.83 bits per heavy atom. The maximum atomic E-state index is 15.2. The largest absolute Gasteiger partial charge is 0.465 e. The normalized spacial score (nSPS) is 22.9. The van der Waals surface area contributed by atoms with Gasteiger partial charge in [0.1, 0.15) is 5.82 Å². The number of nitrogens with one attached hydrogen (secondary N) is 1. The molecule has 30 heavy (non-hydrogen) atoms. The number of hydrogen-bond acceptors (Lipinski definition) is 4. The summed E-state index contributed by atoms with van der Waals surface area (Å²) in [5, 5.41) is 21.8. The second kappa shape index (κ2) is 7.11. The minimum absolute atomic E-state index is 0.0952. The van der Waals surface area contributed by atoms with E-state index in [1.807, 2.05) is 30.3 Å². The lowest BCUT2D eigenvalue weighted by Crippen LogP contribution is -2.62. The van der Waals surface area contributed by atoms with Crippen molar-refractivity contribution in [2.24, 2.45) is 0 Å². The van der Waals surface area contributed by atoms with Crippen molar-refractivity contribution in [3.63, 3.8) is 0 Å². The number of carbonyl (C=O) groups is 1. The van der Waals surface area contributed by atoms with Crippen molar-refractivity contribution in [2.75, 3.05) is 5.73 Å². The minimum Gasteiger partial charge on any atom is -0.465 e. The molecular formula is C23H22FN3O3. The van der Waals surface area contributed by atoms with Crippen molar-refractivity contribution in [3.05, 3.63) is 72.2 Å². The molecule has 0 bridgehead atoms. The number of benzene rings is 2. The smallest absolute Gasteiger partial charge is 0.405 e. The third-order valence-electron chi connectivity index (χ3n) is 5.46. The molecule has 7 heteroatoms. The predicted octanol–water partition coefficient (Wildman–Crippen LogP) is 4.14. The van der Waals surface area contributed by atoms with E-state index < -0.39 is 23.1 Å². The summed E-state index contributed by atoms with van der Waals surface area (Å²) in [6.07, 6.45) is 0.445. The first-order valence-electron chi connectivity index (χ1n) is 9.54. The third kappa shape index (κ3) is 3.59. The number of halogens is 1. The van der Waals surface area contributed by atoms with Crippen LogP contribution in [0.3, 0.4) is 0 Å². The standard InChI is InChI=1S/C23H22FN3O3/c1-22(30)12-23(13-22,27-21(28)29)18-8-7-15(9-19(18)24)20-17(10-16(25)11-26-20)14-5-3-2-4-6-14/h2-11,27,30H,12-13,25H2,1H3,(H,28,29). The Morgan fingerprint density at radius 3 is 2.43 bits per heavy atom. The van der Waals surface area contributed by atoms with Gasteiger partial charge in [-0.15, -0.1) is 0 Å². The number of pyridine rings is 1. The molecule has 0 spiro atoms. The molecule has 1 aliphatic rings. The van der Waals surface area contributed by atoms with Crippen LogP contribution in [0.25, 0.3) is 22.4 Å². The second-order valence-electron chi connectivity index (χ2n) is 8.09. The Kier molecular flexibility index (Phi) is 4.70. The molecule has 0 unspecified atom stereocenters. The molecule has 2 aromatic carbocycles. The highest BCUT2D eigenvalue weighted by atomic mass is 19.1. The van der Waals surface area contributed by atoms with Crippen LogP contribution < -0.4 is 11.1 Å². The van der Waals surface area contributed by atoms with E-state index in [9.17, 15) is 15.0 Å². The number of nitrogen functional groups attached to an aromatic ring is 1. The van der Waals surface area contributed by atoms with Crippen molar-refractivity contribution in [2.45, 2.75) is 30.9 Å². The van der Waals surface area contributed by atoms with Gasteiger partial charge in [-0.1, -0.05) is 42.5 Å². The van der Waals surface area contributed by atoms with E-state index in [2.05, 4.69) is 10.3 Å². The first-order chi connectivity index (χ1) is 14.2. The predicted molar refractivity (Wildman–Crippen MR) is 112 cm³/mol. The topological polar surface area (TPSA) is 108 Å². The first kappa shape index (κ1) is 19.8. The SMILES string of the molecule is CC1(O)CC(NC(=O)O)(c2ccc(-c3ncc(N)cc3-c3ccccc3)cc2F)C1. The molecule has 1 aromatic heterocycles. The highest BCUT2D eigenvalue weighted by Gasteiger charge is 2.54. The molecule has 0 radical (unpaired) electrons. The molecule has 3 aromatic rings. The molecule has 154 valence electrons. The van der Waals surface area contributed by atoms with Crippen LogP contribution in [0.4, 0.5) is 14.9 Å². The maximum Gasteiger partial charge on any atom is 0.405 e. The Labute approximate surface area is 173 Å². The summed E-state index contributed by atoms with van der Waals surface area (Å²) < 4.78 is 15.2. The Bertz CT molecular complexity index is 1110. The number of anilines is 1. The number of nitrogens with zero attached hydrogens (tertiary/aromatic N) is 1. The van der Waals surface area contributed by atoms with Crippen molar-refractivity contribution < 1.29 is 19.4 Å². The van der Waals surface area contributed by atoms with Crippen LogP contribution in [0.1, 0.15) is 25.3 Å². The molecule has 5 N–H and O–H groups in total. The van der Waals surface area contributed by atoms with Gasteiger partial charge >= 0.3 is 6.09 Å². The van der Waals surface area contributed by atoms with Gasteiger partial charge in [-0.05, 0) is 24.6 Å². The van der Waals surface area contributed by atoms with Crippen molar-refractivity contribution in [1.29, 1.82) is 0 Å². The molecule has 1 saturated carbocycles. The van der Waals surface area contributed by atoms with Crippen molar-refractivity contribution >= 4 is 11.8 Å². The Hall–Kier alpha value is -3.45. The Balaban J connectivity index is 1.77. The third-order valence-corrected chi connectivity index (χ3v) is 5.46.